The van der Waals surface area contributed by atoms with Gasteiger partial charge in [0, 0.05) is 5.69 Å². The molecule has 0 atom stereocenters. The van der Waals surface area contributed by atoms with Gasteiger partial charge >= 0.3 is 0 Å². The highest BCUT2D eigenvalue weighted by Gasteiger charge is 2.14. The molecule has 2 aromatic carbocycles. The van der Waals surface area contributed by atoms with Crippen molar-refractivity contribution in [2.24, 2.45) is 0 Å². The minimum absolute atomic E-state index is 0.0225. The molecule has 0 aliphatic carbocycles. The molecule has 0 saturated heterocycles. The van der Waals surface area contributed by atoms with Gasteiger partial charge in [0.05, 0.1) is 10.7 Å². The first-order valence-electron chi connectivity index (χ1n) is 7.92. The predicted molar refractivity (Wildman–Crippen MR) is 113 cm³/mol. The molecule has 0 aliphatic rings. The van der Waals surface area contributed by atoms with Crippen molar-refractivity contribution in [2.45, 2.75) is 6.92 Å². The molecule has 2 aromatic rings. The number of amides is 1. The van der Waals surface area contributed by atoms with E-state index in [4.69, 9.17) is 15.9 Å². The lowest BCUT2D eigenvalue weighted by Gasteiger charge is -2.12. The van der Waals surface area contributed by atoms with Gasteiger partial charge in [-0.25, -0.2) is 0 Å². The van der Waals surface area contributed by atoms with Crippen molar-refractivity contribution >= 4 is 40.3 Å². The van der Waals surface area contributed by atoms with Crippen molar-refractivity contribution in [3.05, 3.63) is 56.7 Å². The topological polar surface area (TPSA) is 71.3 Å². The second-order valence-corrected chi connectivity index (χ2v) is 6.68. The standard InChI is InChI=1S/C21H17IN2O3/c1-4-9-27-20-18(22)11-15(12-19(20)26-3)10-16(13-23)21(25)24-17-7-5-14(2)6-8-17/h1,5-8,10-12H,9H2,2-3H3,(H,24,25)/b16-10+. The number of hydrogen-bond acceptors (Lipinski definition) is 4. The number of benzene rings is 2. The number of ether oxygens (including phenoxy) is 2. The number of aryl methyl sites for hydroxylation is 1. The molecule has 5 nitrogen and oxygen atoms in total. The summed E-state index contributed by atoms with van der Waals surface area (Å²) < 4.78 is 11.6. The number of nitrogens with zero attached hydrogens (tertiary/aromatic N) is 1. The lowest BCUT2D eigenvalue weighted by atomic mass is 10.1. The third-order valence-corrected chi connectivity index (χ3v) is 4.34. The average molecular weight is 472 g/mol. The van der Waals surface area contributed by atoms with Crippen LogP contribution in [0.3, 0.4) is 0 Å². The maximum atomic E-state index is 12.4. The van der Waals surface area contributed by atoms with E-state index < -0.39 is 5.91 Å². The summed E-state index contributed by atoms with van der Waals surface area (Å²) in [5.41, 5.74) is 2.32. The van der Waals surface area contributed by atoms with E-state index in [-0.39, 0.29) is 12.2 Å². The van der Waals surface area contributed by atoms with Gasteiger partial charge < -0.3 is 14.8 Å². The Morgan fingerprint density at radius 2 is 2.04 bits per heavy atom. The van der Waals surface area contributed by atoms with Crippen molar-refractivity contribution in [3.63, 3.8) is 0 Å². The Hall–Kier alpha value is -2.97. The number of hydrogen-bond donors (Lipinski definition) is 1. The molecule has 0 aromatic heterocycles. The Morgan fingerprint density at radius 1 is 1.33 bits per heavy atom. The molecule has 0 aliphatic heterocycles. The van der Waals surface area contributed by atoms with Crippen LogP contribution in [0.2, 0.25) is 0 Å². The van der Waals surface area contributed by atoms with Crippen LogP contribution < -0.4 is 14.8 Å². The van der Waals surface area contributed by atoms with E-state index in [2.05, 4.69) is 33.8 Å². The molecule has 136 valence electrons. The Labute approximate surface area is 172 Å². The first-order valence-corrected chi connectivity index (χ1v) is 9.00. The van der Waals surface area contributed by atoms with Gasteiger partial charge in [0.15, 0.2) is 11.5 Å². The summed E-state index contributed by atoms with van der Waals surface area (Å²) in [4.78, 5) is 12.4. The quantitative estimate of drug-likeness (QED) is 0.297. The summed E-state index contributed by atoms with van der Waals surface area (Å²) in [6, 6.07) is 12.7. The van der Waals surface area contributed by atoms with Crippen molar-refractivity contribution in [1.29, 1.82) is 5.26 Å². The number of carbonyl (C=O) groups excluding carboxylic acids is 1. The fourth-order valence-corrected chi connectivity index (χ4v) is 3.01. The van der Waals surface area contributed by atoms with Crippen molar-refractivity contribution in [2.75, 3.05) is 19.0 Å². The molecule has 1 amide bonds. The summed E-state index contributed by atoms with van der Waals surface area (Å²) in [5, 5.41) is 12.1. The Bertz CT molecular complexity index is 951. The third-order valence-electron chi connectivity index (χ3n) is 3.54. The zero-order valence-corrected chi connectivity index (χ0v) is 17.0. The first-order chi connectivity index (χ1) is 13.0. The molecule has 1 N–H and O–H groups in total. The molecule has 6 heteroatoms. The van der Waals surface area contributed by atoms with Crippen molar-refractivity contribution < 1.29 is 14.3 Å². The third kappa shape index (κ3) is 5.50. The molecule has 0 heterocycles. The summed E-state index contributed by atoms with van der Waals surface area (Å²) >= 11 is 2.09. The molecular formula is C21H17IN2O3. The highest BCUT2D eigenvalue weighted by atomic mass is 127. The summed E-state index contributed by atoms with van der Waals surface area (Å²) in [5.74, 6) is 2.92. The van der Waals surface area contributed by atoms with Crippen LogP contribution in [0, 0.1) is 34.2 Å². The zero-order chi connectivity index (χ0) is 19.8. The maximum Gasteiger partial charge on any atom is 0.266 e. The van der Waals surface area contributed by atoms with Crippen LogP contribution in [0.15, 0.2) is 42.0 Å². The summed E-state index contributed by atoms with van der Waals surface area (Å²) in [6.07, 6.45) is 6.73. The largest absolute Gasteiger partial charge is 0.493 e. The van der Waals surface area contributed by atoms with Crippen LogP contribution in [-0.2, 0) is 4.79 Å². The second-order valence-electron chi connectivity index (χ2n) is 5.52. The number of nitrogens with one attached hydrogen (secondary N) is 1. The molecule has 0 unspecified atom stereocenters. The van der Waals surface area contributed by atoms with Crippen LogP contribution >= 0.6 is 22.6 Å². The van der Waals surface area contributed by atoms with Crippen LogP contribution in [0.1, 0.15) is 11.1 Å². The molecule has 0 spiro atoms. The normalized spacial score (nSPS) is 10.5. The smallest absolute Gasteiger partial charge is 0.266 e. The van der Waals surface area contributed by atoms with E-state index in [0.29, 0.717) is 22.7 Å². The molecule has 27 heavy (non-hydrogen) atoms. The van der Waals surface area contributed by atoms with E-state index in [9.17, 15) is 10.1 Å². The SMILES string of the molecule is C#CCOc1c(I)cc(/C=C(\C#N)C(=O)Nc2ccc(C)cc2)cc1OC. The van der Waals surface area contributed by atoms with Crippen LogP contribution in [0.5, 0.6) is 11.5 Å². The Morgan fingerprint density at radius 3 is 2.63 bits per heavy atom. The second kappa shape index (κ2) is 9.65. The van der Waals surface area contributed by atoms with Gasteiger partial charge in [-0.15, -0.1) is 6.42 Å². The maximum absolute atomic E-state index is 12.4. The van der Waals surface area contributed by atoms with Crippen LogP contribution in [0.25, 0.3) is 6.08 Å². The molecule has 0 bridgehead atoms. The van der Waals surface area contributed by atoms with Crippen LogP contribution in [0.4, 0.5) is 5.69 Å². The fraction of sp³-hybridized carbons (Fsp3) is 0.143. The highest BCUT2D eigenvalue weighted by molar-refractivity contribution is 14.1. The molecule has 0 fully saturated rings. The van der Waals surface area contributed by atoms with Crippen molar-refractivity contribution in [3.8, 4) is 29.9 Å². The molecule has 2 rings (SSSR count). The fourth-order valence-electron chi connectivity index (χ4n) is 2.23. The monoisotopic (exact) mass is 472 g/mol. The van der Waals surface area contributed by atoms with E-state index in [1.165, 1.54) is 13.2 Å². The predicted octanol–water partition coefficient (Wildman–Crippen LogP) is 4.17. The lowest BCUT2D eigenvalue weighted by Crippen LogP contribution is -2.13. The lowest BCUT2D eigenvalue weighted by molar-refractivity contribution is -0.112. The van der Waals surface area contributed by atoms with Gasteiger partial charge in [0.1, 0.15) is 18.2 Å². The average Bonchev–Trinajstić information content (AvgIpc) is 2.66. The minimum Gasteiger partial charge on any atom is -0.493 e. The van der Waals surface area contributed by atoms with Crippen LogP contribution in [-0.4, -0.2) is 19.6 Å². The van der Waals surface area contributed by atoms with E-state index in [0.717, 1.165) is 9.13 Å². The van der Waals surface area contributed by atoms with E-state index in [1.807, 2.05) is 25.1 Å². The number of nitriles is 1. The van der Waals surface area contributed by atoms with Gasteiger partial charge in [-0.2, -0.15) is 5.26 Å². The number of methoxy groups -OCH3 is 1. The van der Waals surface area contributed by atoms with Gasteiger partial charge in [-0.1, -0.05) is 23.6 Å². The molecular weight excluding hydrogens is 455 g/mol. The summed E-state index contributed by atoms with van der Waals surface area (Å²) in [7, 11) is 1.51. The first kappa shape index (κ1) is 20.3. The summed E-state index contributed by atoms with van der Waals surface area (Å²) in [6.45, 7) is 2.07. The Kier molecular flexibility index (Phi) is 7.27. The van der Waals surface area contributed by atoms with E-state index in [1.54, 1.807) is 24.3 Å². The zero-order valence-electron chi connectivity index (χ0n) is 14.9. The minimum atomic E-state index is -0.483. The molecule has 0 radical (unpaired) electrons. The number of anilines is 1. The number of terminal acetylenes is 1. The van der Waals surface area contributed by atoms with Crippen molar-refractivity contribution in [1.82, 2.24) is 0 Å². The van der Waals surface area contributed by atoms with Gasteiger partial charge in [0.25, 0.3) is 5.91 Å². The Balaban J connectivity index is 2.29. The van der Waals surface area contributed by atoms with Gasteiger partial charge in [-0.05, 0) is 65.4 Å². The van der Waals surface area contributed by atoms with Gasteiger partial charge in [-0.3, -0.25) is 4.79 Å². The highest BCUT2D eigenvalue weighted by Crippen LogP contribution is 2.34. The van der Waals surface area contributed by atoms with E-state index >= 15 is 0 Å². The van der Waals surface area contributed by atoms with Gasteiger partial charge in [0.2, 0.25) is 0 Å². The number of rotatable bonds is 6. The number of carbonyl (C=O) groups is 1. The number of halogens is 1. The molecule has 0 saturated carbocycles.